The van der Waals surface area contributed by atoms with Crippen LogP contribution in [0.2, 0.25) is 0 Å². The zero-order valence-corrected chi connectivity index (χ0v) is 15.8. The molecule has 2 rings (SSSR count). The van der Waals surface area contributed by atoms with Gasteiger partial charge in [0.2, 0.25) is 0 Å². The van der Waals surface area contributed by atoms with E-state index >= 15 is 0 Å². The number of esters is 1. The fraction of sp³-hybridized carbons (Fsp3) is 0.550. The number of amides is 2. The van der Waals surface area contributed by atoms with E-state index in [4.69, 9.17) is 4.74 Å². The van der Waals surface area contributed by atoms with E-state index < -0.39 is 5.97 Å². The van der Waals surface area contributed by atoms with Crippen LogP contribution in [0.1, 0.15) is 53.6 Å². The van der Waals surface area contributed by atoms with Gasteiger partial charge >= 0.3 is 5.97 Å². The molecule has 6 nitrogen and oxygen atoms in total. The van der Waals surface area contributed by atoms with Crippen LogP contribution in [-0.2, 0) is 14.3 Å². The maximum atomic E-state index is 12.1. The van der Waals surface area contributed by atoms with Crippen molar-refractivity contribution >= 4 is 17.8 Å². The van der Waals surface area contributed by atoms with Crippen LogP contribution in [0.4, 0.5) is 0 Å². The van der Waals surface area contributed by atoms with E-state index in [1.54, 1.807) is 24.1 Å². The van der Waals surface area contributed by atoms with Gasteiger partial charge in [-0.25, -0.2) is 0 Å². The maximum Gasteiger partial charge on any atom is 0.325 e. The van der Waals surface area contributed by atoms with Gasteiger partial charge in [0, 0.05) is 18.7 Å². The molecule has 1 N–H and O–H groups in total. The third kappa shape index (κ3) is 5.86. The van der Waals surface area contributed by atoms with Crippen molar-refractivity contribution in [1.82, 2.24) is 10.2 Å². The summed E-state index contributed by atoms with van der Waals surface area (Å²) in [5.74, 6) is -1.15. The standard InChI is InChI=1S/C20H28N2O4/c1-14-9-15(2)11-16(10-14)20(25)21-12-19(24)26-13-18(23)22(3)17-7-5-4-6-8-17/h9-11,17H,4-8,12-13H2,1-3H3,(H,21,25). The van der Waals surface area contributed by atoms with Crippen LogP contribution in [0.15, 0.2) is 18.2 Å². The summed E-state index contributed by atoms with van der Waals surface area (Å²) in [5, 5.41) is 2.53. The van der Waals surface area contributed by atoms with Crippen molar-refractivity contribution in [3.63, 3.8) is 0 Å². The zero-order valence-electron chi connectivity index (χ0n) is 15.8. The smallest absolute Gasteiger partial charge is 0.325 e. The molecule has 0 aliphatic heterocycles. The van der Waals surface area contributed by atoms with Gasteiger partial charge < -0.3 is 15.0 Å². The molecule has 0 aromatic heterocycles. The average molecular weight is 360 g/mol. The van der Waals surface area contributed by atoms with E-state index in [0.717, 1.165) is 36.8 Å². The van der Waals surface area contributed by atoms with E-state index in [0.29, 0.717) is 5.56 Å². The topological polar surface area (TPSA) is 75.7 Å². The molecular formula is C20H28N2O4. The molecule has 6 heteroatoms. The van der Waals surface area contributed by atoms with Crippen molar-refractivity contribution in [2.45, 2.75) is 52.0 Å². The zero-order chi connectivity index (χ0) is 19.1. The first-order chi connectivity index (χ1) is 12.4. The molecule has 1 aliphatic rings. The van der Waals surface area contributed by atoms with E-state index in [1.807, 2.05) is 19.9 Å². The second-order valence-electron chi connectivity index (χ2n) is 7.02. The fourth-order valence-electron chi connectivity index (χ4n) is 3.33. The van der Waals surface area contributed by atoms with Gasteiger partial charge in [0.25, 0.3) is 11.8 Å². The maximum absolute atomic E-state index is 12.1. The van der Waals surface area contributed by atoms with Gasteiger partial charge in [0.15, 0.2) is 6.61 Å². The molecule has 0 bridgehead atoms. The highest BCUT2D eigenvalue weighted by molar-refractivity contribution is 5.96. The molecule has 1 aliphatic carbocycles. The molecule has 142 valence electrons. The first-order valence-corrected chi connectivity index (χ1v) is 9.14. The van der Waals surface area contributed by atoms with Crippen LogP contribution in [0, 0.1) is 13.8 Å². The summed E-state index contributed by atoms with van der Waals surface area (Å²) in [6.45, 7) is 3.27. The van der Waals surface area contributed by atoms with Crippen LogP contribution in [0.25, 0.3) is 0 Å². The number of carbonyl (C=O) groups is 3. The highest BCUT2D eigenvalue weighted by atomic mass is 16.5. The van der Waals surface area contributed by atoms with Crippen LogP contribution < -0.4 is 5.32 Å². The van der Waals surface area contributed by atoms with Crippen molar-refractivity contribution in [1.29, 1.82) is 0 Å². The van der Waals surface area contributed by atoms with E-state index in [9.17, 15) is 14.4 Å². The molecule has 1 saturated carbocycles. The summed E-state index contributed by atoms with van der Waals surface area (Å²) >= 11 is 0. The number of nitrogens with one attached hydrogen (secondary N) is 1. The Labute approximate surface area is 154 Å². The lowest BCUT2D eigenvalue weighted by Crippen LogP contribution is -2.41. The summed E-state index contributed by atoms with van der Waals surface area (Å²) in [7, 11) is 1.76. The number of likely N-dealkylation sites (N-methyl/N-ethyl adjacent to an activating group) is 1. The van der Waals surface area contributed by atoms with Gasteiger partial charge in [-0.15, -0.1) is 0 Å². The first-order valence-electron chi connectivity index (χ1n) is 9.14. The monoisotopic (exact) mass is 360 g/mol. The average Bonchev–Trinajstić information content (AvgIpc) is 2.63. The van der Waals surface area contributed by atoms with Crippen LogP contribution in [-0.4, -0.2) is 48.9 Å². The van der Waals surface area contributed by atoms with Crippen molar-refractivity contribution < 1.29 is 19.1 Å². The molecule has 0 atom stereocenters. The molecule has 0 heterocycles. The Morgan fingerprint density at radius 3 is 2.31 bits per heavy atom. The molecule has 1 aromatic rings. The normalized spacial score (nSPS) is 14.6. The number of ether oxygens (including phenoxy) is 1. The summed E-state index contributed by atoms with van der Waals surface area (Å²) in [4.78, 5) is 37.7. The lowest BCUT2D eigenvalue weighted by Gasteiger charge is -2.31. The number of nitrogens with zero attached hydrogens (tertiary/aromatic N) is 1. The van der Waals surface area contributed by atoms with Crippen LogP contribution >= 0.6 is 0 Å². The molecule has 0 saturated heterocycles. The molecule has 0 unspecified atom stereocenters. The molecule has 26 heavy (non-hydrogen) atoms. The number of rotatable bonds is 6. The Bertz CT molecular complexity index is 646. The van der Waals surface area contributed by atoms with E-state index in [-0.39, 0.29) is 31.0 Å². The van der Waals surface area contributed by atoms with E-state index in [2.05, 4.69) is 5.32 Å². The van der Waals surface area contributed by atoms with Crippen molar-refractivity contribution in [2.24, 2.45) is 0 Å². The van der Waals surface area contributed by atoms with Gasteiger partial charge in [-0.1, -0.05) is 36.5 Å². The summed E-state index contributed by atoms with van der Waals surface area (Å²) in [5.41, 5.74) is 2.46. The van der Waals surface area contributed by atoms with Crippen molar-refractivity contribution in [3.05, 3.63) is 34.9 Å². The Morgan fingerprint density at radius 2 is 1.69 bits per heavy atom. The largest absolute Gasteiger partial charge is 0.454 e. The molecular weight excluding hydrogens is 332 g/mol. The summed E-state index contributed by atoms with van der Waals surface area (Å²) < 4.78 is 5.00. The van der Waals surface area contributed by atoms with Gasteiger partial charge in [-0.3, -0.25) is 14.4 Å². The molecule has 1 fully saturated rings. The number of hydrogen-bond donors (Lipinski definition) is 1. The predicted molar refractivity (Wildman–Crippen MR) is 98.9 cm³/mol. The number of aryl methyl sites for hydroxylation is 2. The Balaban J connectivity index is 1.74. The predicted octanol–water partition coefficient (Wildman–Crippen LogP) is 2.37. The van der Waals surface area contributed by atoms with Gasteiger partial charge in [-0.05, 0) is 38.8 Å². The van der Waals surface area contributed by atoms with E-state index in [1.165, 1.54) is 6.42 Å². The molecule has 2 amide bonds. The van der Waals surface area contributed by atoms with Crippen LogP contribution in [0.5, 0.6) is 0 Å². The minimum absolute atomic E-state index is 0.203. The SMILES string of the molecule is Cc1cc(C)cc(C(=O)NCC(=O)OCC(=O)N(C)C2CCCCC2)c1. The van der Waals surface area contributed by atoms with Gasteiger partial charge in [0.05, 0.1) is 0 Å². The van der Waals surface area contributed by atoms with Crippen molar-refractivity contribution in [3.8, 4) is 0 Å². The lowest BCUT2D eigenvalue weighted by atomic mass is 9.94. The minimum atomic E-state index is -0.617. The second-order valence-corrected chi connectivity index (χ2v) is 7.02. The van der Waals surface area contributed by atoms with Gasteiger partial charge in [0.1, 0.15) is 6.54 Å². The highest BCUT2D eigenvalue weighted by Gasteiger charge is 2.22. The first kappa shape index (κ1) is 19.9. The fourth-order valence-corrected chi connectivity index (χ4v) is 3.33. The number of carbonyl (C=O) groups excluding carboxylic acids is 3. The van der Waals surface area contributed by atoms with Gasteiger partial charge in [-0.2, -0.15) is 0 Å². The summed E-state index contributed by atoms with van der Waals surface area (Å²) in [6.07, 6.45) is 5.48. The summed E-state index contributed by atoms with van der Waals surface area (Å²) in [6, 6.07) is 5.73. The minimum Gasteiger partial charge on any atom is -0.454 e. The van der Waals surface area contributed by atoms with Crippen LogP contribution in [0.3, 0.4) is 0 Å². The third-order valence-electron chi connectivity index (χ3n) is 4.75. The molecule has 1 aromatic carbocycles. The number of benzene rings is 1. The molecule has 0 radical (unpaired) electrons. The quantitative estimate of drug-likeness (QED) is 0.790. The lowest BCUT2D eigenvalue weighted by molar-refractivity contribution is -0.151. The molecule has 0 spiro atoms. The Morgan fingerprint density at radius 1 is 1.08 bits per heavy atom. The highest BCUT2D eigenvalue weighted by Crippen LogP contribution is 2.21. The Hall–Kier alpha value is -2.37. The third-order valence-corrected chi connectivity index (χ3v) is 4.75. The second kappa shape index (κ2) is 9.36. The van der Waals surface area contributed by atoms with Crippen molar-refractivity contribution in [2.75, 3.05) is 20.2 Å². The number of hydrogen-bond acceptors (Lipinski definition) is 4. The Kier molecular flexibility index (Phi) is 7.18.